The molecule has 0 aromatic heterocycles. The number of rotatable bonds is 5. The monoisotopic (exact) mass is 329 g/mol. The first-order chi connectivity index (χ1) is 10.9. The third-order valence-electron chi connectivity index (χ3n) is 3.09. The first kappa shape index (κ1) is 16.7. The molecule has 1 amide bonds. The number of amides is 1. The molecule has 2 aromatic carbocycles. The average molecular weight is 329 g/mol. The highest BCUT2D eigenvalue weighted by Gasteiger charge is 2.22. The van der Waals surface area contributed by atoms with Gasteiger partial charge in [0.05, 0.1) is 23.1 Å². The minimum absolute atomic E-state index is 0.127. The van der Waals surface area contributed by atoms with Crippen LogP contribution in [0.2, 0.25) is 0 Å². The Hall–Kier alpha value is -2.69. The lowest BCUT2D eigenvalue weighted by Crippen LogP contribution is -2.34. The van der Waals surface area contributed by atoms with E-state index in [0.717, 1.165) is 4.31 Å². The van der Waals surface area contributed by atoms with E-state index in [4.69, 9.17) is 5.26 Å². The first-order valence-corrected chi connectivity index (χ1v) is 8.19. The van der Waals surface area contributed by atoms with Gasteiger partial charge in [-0.3, -0.25) is 4.79 Å². The Balaban J connectivity index is 2.06. The molecule has 0 spiro atoms. The lowest BCUT2D eigenvalue weighted by atomic mass is 10.2. The zero-order valence-corrected chi connectivity index (χ0v) is 13.2. The van der Waals surface area contributed by atoms with Crippen molar-refractivity contribution in [2.24, 2.45) is 0 Å². The predicted octanol–water partition coefficient (Wildman–Crippen LogP) is 1.82. The van der Waals surface area contributed by atoms with E-state index < -0.39 is 15.9 Å². The van der Waals surface area contributed by atoms with Gasteiger partial charge >= 0.3 is 0 Å². The van der Waals surface area contributed by atoms with Gasteiger partial charge in [0.2, 0.25) is 15.9 Å². The molecule has 0 saturated heterocycles. The van der Waals surface area contributed by atoms with E-state index >= 15 is 0 Å². The van der Waals surface area contributed by atoms with Gasteiger partial charge in [-0.15, -0.1) is 0 Å². The fraction of sp³-hybridized carbons (Fsp3) is 0.125. The van der Waals surface area contributed by atoms with E-state index in [1.54, 1.807) is 36.4 Å². The fourth-order valence-electron chi connectivity index (χ4n) is 1.93. The molecule has 2 rings (SSSR count). The molecule has 2 aromatic rings. The van der Waals surface area contributed by atoms with Crippen LogP contribution in [0.1, 0.15) is 5.56 Å². The summed E-state index contributed by atoms with van der Waals surface area (Å²) < 4.78 is 25.6. The molecule has 0 fully saturated rings. The SMILES string of the molecule is CN(CC(=O)Nc1cccc(C#N)c1)S(=O)(=O)c1ccccc1. The predicted molar refractivity (Wildman–Crippen MR) is 86.0 cm³/mol. The van der Waals surface area contributed by atoms with Gasteiger partial charge in [-0.2, -0.15) is 9.57 Å². The molecule has 0 saturated carbocycles. The van der Waals surface area contributed by atoms with Crippen molar-refractivity contribution in [1.82, 2.24) is 4.31 Å². The van der Waals surface area contributed by atoms with Crippen molar-refractivity contribution in [3.63, 3.8) is 0 Å². The highest BCUT2D eigenvalue weighted by molar-refractivity contribution is 7.89. The number of hydrogen-bond donors (Lipinski definition) is 1. The van der Waals surface area contributed by atoms with Crippen LogP contribution in [0, 0.1) is 11.3 Å². The minimum Gasteiger partial charge on any atom is -0.325 e. The molecule has 0 atom stereocenters. The molecule has 0 radical (unpaired) electrons. The zero-order valence-electron chi connectivity index (χ0n) is 12.4. The lowest BCUT2D eigenvalue weighted by molar-refractivity contribution is -0.116. The molecule has 0 aliphatic rings. The number of nitriles is 1. The molecular formula is C16H15N3O3S. The Morgan fingerprint density at radius 2 is 1.87 bits per heavy atom. The zero-order chi connectivity index (χ0) is 16.9. The fourth-order valence-corrected chi connectivity index (χ4v) is 3.07. The van der Waals surface area contributed by atoms with Gasteiger partial charge in [-0.1, -0.05) is 24.3 Å². The molecule has 0 heterocycles. The standard InChI is InChI=1S/C16H15N3O3S/c1-19(23(21,22)15-8-3-2-4-9-15)12-16(20)18-14-7-5-6-13(10-14)11-17/h2-10H,12H2,1H3,(H,18,20). The van der Waals surface area contributed by atoms with E-state index in [2.05, 4.69) is 5.32 Å². The van der Waals surface area contributed by atoms with Crippen molar-refractivity contribution < 1.29 is 13.2 Å². The van der Waals surface area contributed by atoms with Crippen LogP contribution in [0.5, 0.6) is 0 Å². The average Bonchev–Trinajstić information content (AvgIpc) is 2.55. The summed E-state index contributed by atoms with van der Waals surface area (Å²) in [5.74, 6) is -0.484. The number of nitrogens with one attached hydrogen (secondary N) is 1. The van der Waals surface area contributed by atoms with Crippen molar-refractivity contribution in [3.8, 4) is 6.07 Å². The van der Waals surface area contributed by atoms with E-state index in [0.29, 0.717) is 11.3 Å². The summed E-state index contributed by atoms with van der Waals surface area (Å²) in [5.41, 5.74) is 0.854. The van der Waals surface area contributed by atoms with E-state index in [9.17, 15) is 13.2 Å². The number of likely N-dealkylation sites (N-methyl/N-ethyl adjacent to an activating group) is 1. The second-order valence-corrected chi connectivity index (χ2v) is 6.86. The number of hydrogen-bond acceptors (Lipinski definition) is 4. The van der Waals surface area contributed by atoms with E-state index in [-0.39, 0.29) is 11.4 Å². The van der Waals surface area contributed by atoms with Crippen LogP contribution in [0.3, 0.4) is 0 Å². The van der Waals surface area contributed by atoms with Crippen molar-refractivity contribution in [1.29, 1.82) is 5.26 Å². The summed E-state index contributed by atoms with van der Waals surface area (Å²) in [7, 11) is -2.38. The molecule has 0 aliphatic carbocycles. The van der Waals surface area contributed by atoms with Gasteiger partial charge < -0.3 is 5.32 Å². The van der Waals surface area contributed by atoms with Gasteiger partial charge in [0.1, 0.15) is 0 Å². The second kappa shape index (κ2) is 7.05. The normalized spacial score (nSPS) is 11.0. The Bertz CT molecular complexity index is 842. The van der Waals surface area contributed by atoms with Gasteiger partial charge in [-0.25, -0.2) is 8.42 Å². The molecule has 1 N–H and O–H groups in total. The van der Waals surface area contributed by atoms with Gasteiger partial charge in [-0.05, 0) is 30.3 Å². The van der Waals surface area contributed by atoms with Crippen molar-refractivity contribution >= 4 is 21.6 Å². The van der Waals surface area contributed by atoms with E-state index in [1.165, 1.54) is 25.2 Å². The maximum Gasteiger partial charge on any atom is 0.243 e. The van der Waals surface area contributed by atoms with Crippen LogP contribution in [0.4, 0.5) is 5.69 Å². The summed E-state index contributed by atoms with van der Waals surface area (Å²) in [5, 5.41) is 11.4. The Labute approximate surface area is 135 Å². The molecule has 0 bridgehead atoms. The first-order valence-electron chi connectivity index (χ1n) is 6.75. The molecule has 118 valence electrons. The maximum atomic E-state index is 12.3. The highest BCUT2D eigenvalue weighted by atomic mass is 32.2. The molecule has 0 unspecified atom stereocenters. The molecule has 7 heteroatoms. The summed E-state index contributed by atoms with van der Waals surface area (Å²) >= 11 is 0. The van der Waals surface area contributed by atoms with Gasteiger partial charge in [0.15, 0.2) is 0 Å². The smallest absolute Gasteiger partial charge is 0.243 e. The minimum atomic E-state index is -3.72. The van der Waals surface area contributed by atoms with Crippen LogP contribution in [-0.4, -0.2) is 32.2 Å². The summed E-state index contributed by atoms with van der Waals surface area (Å²) in [6, 6.07) is 16.3. The Morgan fingerprint density at radius 1 is 1.17 bits per heavy atom. The quantitative estimate of drug-likeness (QED) is 0.906. The third kappa shape index (κ3) is 4.16. The molecule has 23 heavy (non-hydrogen) atoms. The Kier molecular flexibility index (Phi) is 5.11. The number of sulfonamides is 1. The van der Waals surface area contributed by atoms with Gasteiger partial charge in [0.25, 0.3) is 0 Å². The second-order valence-electron chi connectivity index (χ2n) is 4.81. The van der Waals surface area contributed by atoms with E-state index in [1.807, 2.05) is 6.07 Å². The number of benzene rings is 2. The Morgan fingerprint density at radius 3 is 2.52 bits per heavy atom. The number of carbonyl (C=O) groups is 1. The third-order valence-corrected chi connectivity index (χ3v) is 4.91. The van der Waals surface area contributed by atoms with Crippen molar-refractivity contribution in [2.75, 3.05) is 18.9 Å². The van der Waals surface area contributed by atoms with Gasteiger partial charge in [0, 0.05) is 12.7 Å². The van der Waals surface area contributed by atoms with Crippen LogP contribution in [0.25, 0.3) is 0 Å². The maximum absolute atomic E-state index is 12.3. The largest absolute Gasteiger partial charge is 0.325 e. The van der Waals surface area contributed by atoms with Crippen molar-refractivity contribution in [2.45, 2.75) is 4.90 Å². The number of carbonyl (C=O) groups excluding carboxylic acids is 1. The molecule has 6 nitrogen and oxygen atoms in total. The summed E-state index contributed by atoms with van der Waals surface area (Å²) in [4.78, 5) is 12.1. The van der Waals surface area contributed by atoms with Crippen LogP contribution in [-0.2, 0) is 14.8 Å². The summed E-state index contributed by atoms with van der Waals surface area (Å²) in [6.07, 6.45) is 0. The van der Waals surface area contributed by atoms with Crippen LogP contribution >= 0.6 is 0 Å². The summed E-state index contributed by atoms with van der Waals surface area (Å²) in [6.45, 7) is -0.325. The molecule has 0 aliphatic heterocycles. The van der Waals surface area contributed by atoms with Crippen LogP contribution in [0.15, 0.2) is 59.5 Å². The lowest BCUT2D eigenvalue weighted by Gasteiger charge is -2.16. The van der Waals surface area contributed by atoms with Crippen LogP contribution < -0.4 is 5.32 Å². The number of anilines is 1. The highest BCUT2D eigenvalue weighted by Crippen LogP contribution is 2.14. The van der Waals surface area contributed by atoms with Crippen molar-refractivity contribution in [3.05, 3.63) is 60.2 Å². The number of nitrogens with zero attached hydrogens (tertiary/aromatic N) is 2. The topological polar surface area (TPSA) is 90.3 Å². The molecular weight excluding hydrogens is 314 g/mol.